The molecule has 0 fully saturated rings. The van der Waals surface area contributed by atoms with E-state index in [0.717, 1.165) is 28.2 Å². The molecule has 0 unspecified atom stereocenters. The summed E-state index contributed by atoms with van der Waals surface area (Å²) in [7, 11) is 1.66. The van der Waals surface area contributed by atoms with E-state index in [1.807, 2.05) is 54.6 Å². The van der Waals surface area contributed by atoms with Crippen LogP contribution in [0.5, 0.6) is 11.5 Å². The first kappa shape index (κ1) is 20.1. The highest BCUT2D eigenvalue weighted by atomic mass is 35.5. The van der Waals surface area contributed by atoms with E-state index in [2.05, 4.69) is 10.5 Å². The molecule has 144 valence electrons. The largest absolute Gasteiger partial charge is 0.496 e. The number of ether oxygens (including phenoxy) is 2. The molecule has 3 aromatic carbocycles. The molecule has 0 atom stereocenters. The van der Waals surface area contributed by atoms with Crippen molar-refractivity contribution < 1.29 is 9.47 Å². The maximum absolute atomic E-state index is 6.21. The number of nitrogens with zero attached hydrogens (tertiary/aromatic N) is 1. The molecule has 1 N–H and O–H groups in total. The monoisotopic (exact) mass is 414 g/mol. The molecule has 0 bridgehead atoms. The number of para-hydroxylation sites is 2. The zero-order chi connectivity index (χ0) is 19.8. The van der Waals surface area contributed by atoms with Gasteiger partial charge in [-0.25, -0.2) is 0 Å². The highest BCUT2D eigenvalue weighted by Gasteiger charge is 2.05. The Morgan fingerprint density at radius 3 is 2.46 bits per heavy atom. The Hall–Kier alpha value is -2.69. The molecule has 0 amide bonds. The number of hydrogen-bond acceptors (Lipinski definition) is 4. The summed E-state index contributed by atoms with van der Waals surface area (Å²) in [4.78, 5) is 0. The van der Waals surface area contributed by atoms with Crippen LogP contribution in [-0.4, -0.2) is 13.3 Å². The smallest absolute Gasteiger partial charge is 0.128 e. The van der Waals surface area contributed by atoms with Crippen molar-refractivity contribution in [3.05, 3.63) is 93.5 Å². The summed E-state index contributed by atoms with van der Waals surface area (Å²) in [5.74, 6) is 1.55. The second-order valence-electron chi connectivity index (χ2n) is 5.97. The normalized spacial score (nSPS) is 10.8. The lowest BCUT2D eigenvalue weighted by Crippen LogP contribution is -2.07. The zero-order valence-electron chi connectivity index (χ0n) is 15.4. The molecular formula is C22H20Cl2N2O2. The molecule has 0 heterocycles. The molecule has 0 spiro atoms. The summed E-state index contributed by atoms with van der Waals surface area (Å²) in [6.45, 7) is 0.902. The Balaban J connectivity index is 1.62. The SMILES string of the molecule is COc1ccccc1CN/N=C\c1ccccc1OCc1ccc(Cl)cc1Cl. The number of methoxy groups -OCH3 is 1. The van der Waals surface area contributed by atoms with Crippen molar-refractivity contribution in [1.29, 1.82) is 0 Å². The van der Waals surface area contributed by atoms with Crippen molar-refractivity contribution in [2.75, 3.05) is 7.11 Å². The zero-order valence-corrected chi connectivity index (χ0v) is 16.9. The van der Waals surface area contributed by atoms with Crippen molar-refractivity contribution in [2.45, 2.75) is 13.2 Å². The average molecular weight is 415 g/mol. The third-order valence-corrected chi connectivity index (χ3v) is 4.66. The van der Waals surface area contributed by atoms with Crippen molar-refractivity contribution in [2.24, 2.45) is 5.10 Å². The predicted molar refractivity (Wildman–Crippen MR) is 115 cm³/mol. The van der Waals surface area contributed by atoms with Gasteiger partial charge in [0.1, 0.15) is 18.1 Å². The van der Waals surface area contributed by atoms with Gasteiger partial charge in [-0.3, -0.25) is 0 Å². The molecule has 0 saturated heterocycles. The van der Waals surface area contributed by atoms with Gasteiger partial charge in [-0.2, -0.15) is 5.10 Å². The molecule has 3 rings (SSSR count). The summed E-state index contributed by atoms with van der Waals surface area (Å²) in [5, 5.41) is 5.48. The third-order valence-electron chi connectivity index (χ3n) is 4.07. The van der Waals surface area contributed by atoms with Crippen LogP contribution in [0.4, 0.5) is 0 Å². The summed E-state index contributed by atoms with van der Waals surface area (Å²) < 4.78 is 11.3. The van der Waals surface area contributed by atoms with Crippen LogP contribution in [0.3, 0.4) is 0 Å². The summed E-state index contributed by atoms with van der Waals surface area (Å²) in [5.41, 5.74) is 5.80. The lowest BCUT2D eigenvalue weighted by molar-refractivity contribution is 0.306. The fraction of sp³-hybridized carbons (Fsp3) is 0.136. The van der Waals surface area contributed by atoms with E-state index in [4.69, 9.17) is 32.7 Å². The Labute approximate surface area is 174 Å². The van der Waals surface area contributed by atoms with Crippen LogP contribution in [0.2, 0.25) is 10.0 Å². The minimum Gasteiger partial charge on any atom is -0.496 e. The Kier molecular flexibility index (Phi) is 7.18. The fourth-order valence-electron chi connectivity index (χ4n) is 2.61. The highest BCUT2D eigenvalue weighted by Crippen LogP contribution is 2.24. The van der Waals surface area contributed by atoms with Crippen LogP contribution in [-0.2, 0) is 13.2 Å². The second-order valence-corrected chi connectivity index (χ2v) is 6.81. The summed E-state index contributed by atoms with van der Waals surface area (Å²) >= 11 is 12.1. The number of rotatable bonds is 8. The maximum Gasteiger partial charge on any atom is 0.128 e. The first-order valence-electron chi connectivity index (χ1n) is 8.71. The quantitative estimate of drug-likeness (QED) is 0.379. The summed E-state index contributed by atoms with van der Waals surface area (Å²) in [6.07, 6.45) is 1.73. The number of benzene rings is 3. The van der Waals surface area contributed by atoms with Gasteiger partial charge in [-0.1, -0.05) is 59.6 Å². The van der Waals surface area contributed by atoms with Crippen molar-refractivity contribution >= 4 is 29.4 Å². The van der Waals surface area contributed by atoms with Crippen molar-refractivity contribution in [1.82, 2.24) is 5.43 Å². The van der Waals surface area contributed by atoms with Crippen LogP contribution < -0.4 is 14.9 Å². The van der Waals surface area contributed by atoms with E-state index in [-0.39, 0.29) is 0 Å². The van der Waals surface area contributed by atoms with Gasteiger partial charge < -0.3 is 14.9 Å². The molecular weight excluding hydrogens is 395 g/mol. The van der Waals surface area contributed by atoms with Crippen LogP contribution >= 0.6 is 23.2 Å². The number of halogens is 2. The van der Waals surface area contributed by atoms with Crippen LogP contribution in [0.15, 0.2) is 71.8 Å². The second kappa shape index (κ2) is 10.0. The molecule has 28 heavy (non-hydrogen) atoms. The predicted octanol–water partition coefficient (Wildman–Crippen LogP) is 5.70. The van der Waals surface area contributed by atoms with E-state index in [1.54, 1.807) is 25.5 Å². The van der Waals surface area contributed by atoms with E-state index < -0.39 is 0 Å². The van der Waals surface area contributed by atoms with Crippen LogP contribution in [0.1, 0.15) is 16.7 Å². The van der Waals surface area contributed by atoms with Gasteiger partial charge in [0.05, 0.1) is 19.9 Å². The fourth-order valence-corrected chi connectivity index (χ4v) is 3.07. The minimum atomic E-state index is 0.343. The van der Waals surface area contributed by atoms with Gasteiger partial charge in [0.25, 0.3) is 0 Å². The molecule has 0 aliphatic heterocycles. The number of nitrogens with one attached hydrogen (secondary N) is 1. The van der Waals surface area contributed by atoms with E-state index in [1.165, 1.54) is 0 Å². The van der Waals surface area contributed by atoms with Gasteiger partial charge in [0.15, 0.2) is 0 Å². The number of hydrazone groups is 1. The van der Waals surface area contributed by atoms with Gasteiger partial charge in [0.2, 0.25) is 0 Å². The molecule has 0 saturated carbocycles. The first-order valence-corrected chi connectivity index (χ1v) is 9.46. The molecule has 0 aliphatic rings. The molecule has 0 aliphatic carbocycles. The van der Waals surface area contributed by atoms with E-state index in [0.29, 0.717) is 23.2 Å². The van der Waals surface area contributed by atoms with Crippen molar-refractivity contribution in [3.8, 4) is 11.5 Å². The molecule has 0 aromatic heterocycles. The molecule has 0 radical (unpaired) electrons. The highest BCUT2D eigenvalue weighted by molar-refractivity contribution is 6.35. The average Bonchev–Trinajstić information content (AvgIpc) is 2.71. The standard InChI is InChI=1S/C22H20Cl2N2O2/c1-27-21-8-4-2-6-16(21)13-25-26-14-17-7-3-5-9-22(17)28-15-18-10-11-19(23)12-20(18)24/h2-12,14,25H,13,15H2,1H3/b26-14-. The summed E-state index contributed by atoms with van der Waals surface area (Å²) in [6, 6.07) is 20.9. The lowest BCUT2D eigenvalue weighted by Gasteiger charge is -2.10. The van der Waals surface area contributed by atoms with Gasteiger partial charge in [0, 0.05) is 26.7 Å². The third kappa shape index (κ3) is 5.41. The Bertz CT molecular complexity index is 961. The van der Waals surface area contributed by atoms with Gasteiger partial charge >= 0.3 is 0 Å². The van der Waals surface area contributed by atoms with Gasteiger partial charge in [-0.15, -0.1) is 0 Å². The van der Waals surface area contributed by atoms with Crippen LogP contribution in [0.25, 0.3) is 0 Å². The first-order chi connectivity index (χ1) is 13.7. The van der Waals surface area contributed by atoms with Gasteiger partial charge in [-0.05, 0) is 30.3 Å². The maximum atomic E-state index is 6.21. The van der Waals surface area contributed by atoms with Crippen molar-refractivity contribution in [3.63, 3.8) is 0 Å². The Morgan fingerprint density at radius 1 is 0.929 bits per heavy atom. The molecule has 3 aromatic rings. The lowest BCUT2D eigenvalue weighted by atomic mass is 10.2. The number of hydrogen-bond donors (Lipinski definition) is 1. The minimum absolute atomic E-state index is 0.343. The van der Waals surface area contributed by atoms with E-state index in [9.17, 15) is 0 Å². The molecule has 4 nitrogen and oxygen atoms in total. The topological polar surface area (TPSA) is 42.8 Å². The molecule has 6 heteroatoms. The Morgan fingerprint density at radius 2 is 1.68 bits per heavy atom. The van der Waals surface area contributed by atoms with Crippen LogP contribution in [0, 0.1) is 0 Å². The van der Waals surface area contributed by atoms with E-state index >= 15 is 0 Å².